The SMILES string of the molecule is CCOC(=O)Oc1ccc(C(=O)N2CCC(NC(=O)COc3ccccc3OCC)CC2)cc1. The maximum absolute atomic E-state index is 12.8. The topological polar surface area (TPSA) is 103 Å². The molecule has 1 fully saturated rings. The molecule has 0 unspecified atom stereocenters. The van der Waals surface area contributed by atoms with E-state index < -0.39 is 6.16 Å². The van der Waals surface area contributed by atoms with E-state index >= 15 is 0 Å². The van der Waals surface area contributed by atoms with Crippen molar-refractivity contribution in [3.63, 3.8) is 0 Å². The van der Waals surface area contributed by atoms with Crippen LogP contribution in [0.4, 0.5) is 4.79 Å². The molecule has 1 saturated heterocycles. The molecule has 1 N–H and O–H groups in total. The highest BCUT2D eigenvalue weighted by Gasteiger charge is 2.25. The quantitative estimate of drug-likeness (QED) is 0.442. The molecule has 0 bridgehead atoms. The molecular formula is C25H30N2O7. The molecule has 9 heteroatoms. The Morgan fingerprint density at radius 3 is 2.18 bits per heavy atom. The van der Waals surface area contributed by atoms with E-state index in [0.717, 1.165) is 0 Å². The third-order valence-electron chi connectivity index (χ3n) is 5.22. The summed E-state index contributed by atoms with van der Waals surface area (Å²) in [7, 11) is 0. The zero-order chi connectivity index (χ0) is 24.3. The summed E-state index contributed by atoms with van der Waals surface area (Å²) in [5.41, 5.74) is 0.500. The Morgan fingerprint density at radius 2 is 1.56 bits per heavy atom. The Labute approximate surface area is 198 Å². The first kappa shape index (κ1) is 24.9. The molecule has 0 saturated carbocycles. The Kier molecular flexibility index (Phi) is 9.13. The molecule has 0 aliphatic carbocycles. The molecule has 1 aliphatic heterocycles. The van der Waals surface area contributed by atoms with Gasteiger partial charge < -0.3 is 29.2 Å². The van der Waals surface area contributed by atoms with Gasteiger partial charge in [-0.3, -0.25) is 9.59 Å². The lowest BCUT2D eigenvalue weighted by atomic mass is 10.0. The standard InChI is InChI=1S/C25H30N2O7/c1-3-31-21-7-5-6-8-22(21)33-17-23(28)26-19-13-15-27(16-14-19)24(29)18-9-11-20(12-10-18)34-25(30)32-4-2/h5-12,19H,3-4,13-17H2,1-2H3,(H,26,28). The van der Waals surface area contributed by atoms with Crippen molar-refractivity contribution >= 4 is 18.0 Å². The van der Waals surface area contributed by atoms with Crippen molar-refractivity contribution in [2.24, 2.45) is 0 Å². The number of carbonyl (C=O) groups is 3. The van der Waals surface area contributed by atoms with Gasteiger partial charge in [0.25, 0.3) is 11.8 Å². The van der Waals surface area contributed by atoms with Crippen molar-refractivity contribution in [1.29, 1.82) is 0 Å². The van der Waals surface area contributed by atoms with Crippen LogP contribution in [0.2, 0.25) is 0 Å². The summed E-state index contributed by atoms with van der Waals surface area (Å²) < 4.78 is 20.9. The van der Waals surface area contributed by atoms with E-state index in [2.05, 4.69) is 5.32 Å². The minimum atomic E-state index is -0.783. The lowest BCUT2D eigenvalue weighted by molar-refractivity contribution is -0.124. The molecule has 34 heavy (non-hydrogen) atoms. The van der Waals surface area contributed by atoms with Crippen LogP contribution in [0.15, 0.2) is 48.5 Å². The highest BCUT2D eigenvalue weighted by molar-refractivity contribution is 5.94. The van der Waals surface area contributed by atoms with Crippen molar-refractivity contribution in [2.75, 3.05) is 32.9 Å². The molecule has 0 aromatic heterocycles. The average molecular weight is 471 g/mol. The van der Waals surface area contributed by atoms with Gasteiger partial charge in [0.1, 0.15) is 5.75 Å². The van der Waals surface area contributed by atoms with Crippen LogP contribution in [-0.4, -0.2) is 61.8 Å². The second-order valence-electron chi connectivity index (χ2n) is 7.61. The lowest BCUT2D eigenvalue weighted by Crippen LogP contribution is -2.47. The van der Waals surface area contributed by atoms with Crippen molar-refractivity contribution in [3.05, 3.63) is 54.1 Å². The van der Waals surface area contributed by atoms with Gasteiger partial charge in [-0.05, 0) is 63.1 Å². The zero-order valence-corrected chi connectivity index (χ0v) is 19.5. The minimum absolute atomic E-state index is 0.0253. The molecular weight excluding hydrogens is 440 g/mol. The van der Waals surface area contributed by atoms with E-state index in [1.54, 1.807) is 48.2 Å². The Bertz CT molecular complexity index is 969. The largest absolute Gasteiger partial charge is 0.513 e. The zero-order valence-electron chi connectivity index (χ0n) is 19.5. The van der Waals surface area contributed by atoms with Crippen LogP contribution in [0.1, 0.15) is 37.0 Å². The van der Waals surface area contributed by atoms with E-state index in [0.29, 0.717) is 55.4 Å². The number of hydrogen-bond acceptors (Lipinski definition) is 7. The maximum Gasteiger partial charge on any atom is 0.513 e. The molecule has 2 aromatic rings. The second kappa shape index (κ2) is 12.5. The van der Waals surface area contributed by atoms with Crippen LogP contribution < -0.4 is 19.5 Å². The summed E-state index contributed by atoms with van der Waals surface area (Å²) in [4.78, 5) is 38.2. The van der Waals surface area contributed by atoms with Crippen molar-refractivity contribution in [1.82, 2.24) is 10.2 Å². The number of nitrogens with one attached hydrogen (secondary N) is 1. The van der Waals surface area contributed by atoms with Crippen molar-refractivity contribution in [3.8, 4) is 17.2 Å². The number of amides is 2. The van der Waals surface area contributed by atoms with Crippen LogP contribution >= 0.6 is 0 Å². The molecule has 1 aliphatic rings. The number of piperidine rings is 1. The van der Waals surface area contributed by atoms with Gasteiger partial charge in [0.2, 0.25) is 0 Å². The third-order valence-corrected chi connectivity index (χ3v) is 5.22. The summed E-state index contributed by atoms with van der Waals surface area (Å²) >= 11 is 0. The van der Waals surface area contributed by atoms with Crippen LogP contribution in [0.3, 0.4) is 0 Å². The van der Waals surface area contributed by atoms with Gasteiger partial charge in [-0.1, -0.05) is 12.1 Å². The molecule has 2 aromatic carbocycles. The summed E-state index contributed by atoms with van der Waals surface area (Å²) in [6.07, 6.45) is 0.517. The second-order valence-corrected chi connectivity index (χ2v) is 7.61. The van der Waals surface area contributed by atoms with E-state index in [-0.39, 0.29) is 31.1 Å². The predicted octanol–water partition coefficient (Wildman–Crippen LogP) is 3.42. The molecule has 0 atom stereocenters. The maximum atomic E-state index is 12.8. The van der Waals surface area contributed by atoms with E-state index in [1.165, 1.54) is 0 Å². The van der Waals surface area contributed by atoms with Crippen LogP contribution in [-0.2, 0) is 9.53 Å². The van der Waals surface area contributed by atoms with Crippen molar-refractivity contribution in [2.45, 2.75) is 32.7 Å². The van der Waals surface area contributed by atoms with Crippen molar-refractivity contribution < 1.29 is 33.3 Å². The van der Waals surface area contributed by atoms with Crippen LogP contribution in [0.5, 0.6) is 17.2 Å². The van der Waals surface area contributed by atoms with Gasteiger partial charge >= 0.3 is 6.16 Å². The fourth-order valence-corrected chi connectivity index (χ4v) is 3.58. The number of carbonyl (C=O) groups excluding carboxylic acids is 3. The molecule has 2 amide bonds. The Morgan fingerprint density at radius 1 is 0.912 bits per heavy atom. The summed E-state index contributed by atoms with van der Waals surface area (Å²) in [5, 5.41) is 2.97. The van der Waals surface area contributed by atoms with Gasteiger partial charge in [0, 0.05) is 24.7 Å². The van der Waals surface area contributed by atoms with Gasteiger partial charge in [0.05, 0.1) is 13.2 Å². The first-order chi connectivity index (χ1) is 16.5. The monoisotopic (exact) mass is 470 g/mol. The number of hydrogen-bond donors (Lipinski definition) is 1. The number of para-hydroxylation sites is 2. The molecule has 3 rings (SSSR count). The number of benzene rings is 2. The van der Waals surface area contributed by atoms with E-state index in [4.69, 9.17) is 18.9 Å². The van der Waals surface area contributed by atoms with Crippen LogP contribution in [0, 0.1) is 0 Å². The van der Waals surface area contributed by atoms with E-state index in [1.807, 2.05) is 19.1 Å². The molecule has 0 spiro atoms. The molecule has 182 valence electrons. The number of rotatable bonds is 9. The number of likely N-dealkylation sites (tertiary alicyclic amines) is 1. The van der Waals surface area contributed by atoms with Crippen LogP contribution in [0.25, 0.3) is 0 Å². The molecule has 1 heterocycles. The number of ether oxygens (including phenoxy) is 4. The predicted molar refractivity (Wildman–Crippen MR) is 124 cm³/mol. The summed E-state index contributed by atoms with van der Waals surface area (Å²) in [6.45, 7) is 5.25. The van der Waals surface area contributed by atoms with Gasteiger partial charge in [-0.15, -0.1) is 0 Å². The first-order valence-electron chi connectivity index (χ1n) is 11.4. The Hall–Kier alpha value is -3.75. The summed E-state index contributed by atoms with van der Waals surface area (Å²) in [6, 6.07) is 13.5. The van der Waals surface area contributed by atoms with Gasteiger partial charge in [0.15, 0.2) is 18.1 Å². The normalized spacial score (nSPS) is 13.6. The first-order valence-corrected chi connectivity index (χ1v) is 11.4. The Balaban J connectivity index is 1.43. The lowest BCUT2D eigenvalue weighted by Gasteiger charge is -2.32. The average Bonchev–Trinajstić information content (AvgIpc) is 2.84. The van der Waals surface area contributed by atoms with E-state index in [9.17, 15) is 14.4 Å². The fraction of sp³-hybridized carbons (Fsp3) is 0.400. The molecule has 0 radical (unpaired) electrons. The summed E-state index contributed by atoms with van der Waals surface area (Å²) in [5.74, 6) is 1.11. The number of nitrogens with zero attached hydrogens (tertiary/aromatic N) is 1. The molecule has 9 nitrogen and oxygen atoms in total. The third kappa shape index (κ3) is 7.13. The minimum Gasteiger partial charge on any atom is -0.490 e. The highest BCUT2D eigenvalue weighted by atomic mass is 16.7. The van der Waals surface area contributed by atoms with Gasteiger partial charge in [-0.25, -0.2) is 4.79 Å². The fourth-order valence-electron chi connectivity index (χ4n) is 3.58. The smallest absolute Gasteiger partial charge is 0.490 e. The highest BCUT2D eigenvalue weighted by Crippen LogP contribution is 2.26. The van der Waals surface area contributed by atoms with Gasteiger partial charge in [-0.2, -0.15) is 0 Å².